The molecule has 0 aliphatic heterocycles. The van der Waals surface area contributed by atoms with Crippen molar-refractivity contribution in [3.63, 3.8) is 0 Å². The molecule has 0 radical (unpaired) electrons. The van der Waals surface area contributed by atoms with Crippen molar-refractivity contribution < 1.29 is 22.0 Å². The lowest BCUT2D eigenvalue weighted by Gasteiger charge is -2.27. The fraction of sp³-hybridized carbons (Fsp3) is 0.259. The zero-order valence-electron chi connectivity index (χ0n) is 20.6. The smallest absolute Gasteiger partial charge is 0.235 e. The van der Waals surface area contributed by atoms with E-state index < -0.39 is 33.0 Å². The summed E-state index contributed by atoms with van der Waals surface area (Å²) < 4.78 is 57.6. The van der Waals surface area contributed by atoms with Gasteiger partial charge in [-0.25, -0.2) is 22.2 Å². The molecule has 1 N–H and O–H groups in total. The topological polar surface area (TPSA) is 83.1 Å². The van der Waals surface area contributed by atoms with Crippen molar-refractivity contribution >= 4 is 44.1 Å². The summed E-state index contributed by atoms with van der Waals surface area (Å²) in [5.74, 6) is -3.57. The molecule has 0 bridgehead atoms. The first-order valence-corrected chi connectivity index (χ1v) is 13.8. The minimum Gasteiger partial charge on any atom is -0.345 e. The first kappa shape index (κ1) is 26.8. The van der Waals surface area contributed by atoms with Gasteiger partial charge < -0.3 is 4.98 Å². The molecule has 0 amide bonds. The third kappa shape index (κ3) is 5.38. The number of ketones is 1. The SMILES string of the molecule is CCCS(=O)(=O)N(CC(C)C)c1ccc(F)c(C(=O)c2c[nH]c3ncc(-c4ccc(Cl)cc4)cc23)c1F. The summed E-state index contributed by atoms with van der Waals surface area (Å²) in [4.78, 5) is 20.7. The summed E-state index contributed by atoms with van der Waals surface area (Å²) in [6.45, 7) is 5.27. The highest BCUT2D eigenvalue weighted by Gasteiger charge is 2.30. The van der Waals surface area contributed by atoms with E-state index in [1.165, 1.54) is 6.20 Å². The van der Waals surface area contributed by atoms with Crippen molar-refractivity contribution in [3.8, 4) is 11.1 Å². The third-order valence-corrected chi connectivity index (χ3v) is 8.04. The molecule has 4 rings (SSSR count). The van der Waals surface area contributed by atoms with Gasteiger partial charge in [0.25, 0.3) is 0 Å². The van der Waals surface area contributed by atoms with Crippen molar-refractivity contribution in [2.75, 3.05) is 16.6 Å². The van der Waals surface area contributed by atoms with Crippen LogP contribution in [0.4, 0.5) is 14.5 Å². The van der Waals surface area contributed by atoms with Gasteiger partial charge in [0.15, 0.2) is 5.82 Å². The Bertz CT molecular complexity index is 1570. The highest BCUT2D eigenvalue weighted by molar-refractivity contribution is 7.92. The van der Waals surface area contributed by atoms with Gasteiger partial charge in [-0.3, -0.25) is 9.10 Å². The Morgan fingerprint density at radius 2 is 1.81 bits per heavy atom. The Morgan fingerprint density at radius 3 is 2.46 bits per heavy atom. The summed E-state index contributed by atoms with van der Waals surface area (Å²) >= 11 is 5.97. The monoisotopic (exact) mass is 545 g/mol. The molecule has 4 aromatic rings. The second-order valence-corrected chi connectivity index (χ2v) is 11.6. The first-order chi connectivity index (χ1) is 17.5. The van der Waals surface area contributed by atoms with Gasteiger partial charge in [-0.1, -0.05) is 44.5 Å². The van der Waals surface area contributed by atoms with E-state index in [0.717, 1.165) is 22.0 Å². The molecule has 10 heteroatoms. The van der Waals surface area contributed by atoms with Crippen LogP contribution in [0.2, 0.25) is 5.02 Å². The van der Waals surface area contributed by atoms with Gasteiger partial charge in [-0.15, -0.1) is 0 Å². The van der Waals surface area contributed by atoms with E-state index in [1.54, 1.807) is 57.3 Å². The number of carbonyl (C=O) groups is 1. The molecule has 0 aliphatic rings. The van der Waals surface area contributed by atoms with Gasteiger partial charge in [-0.05, 0) is 48.2 Å². The summed E-state index contributed by atoms with van der Waals surface area (Å²) in [5.41, 5.74) is 0.678. The molecule has 6 nitrogen and oxygen atoms in total. The van der Waals surface area contributed by atoms with Crippen LogP contribution in [0.3, 0.4) is 0 Å². The van der Waals surface area contributed by atoms with Crippen LogP contribution in [0.15, 0.2) is 54.9 Å². The Kier molecular flexibility index (Phi) is 7.66. The van der Waals surface area contributed by atoms with Crippen molar-refractivity contribution in [3.05, 3.63) is 82.6 Å². The number of H-pyrrole nitrogens is 1. The Labute approximate surface area is 219 Å². The lowest BCUT2D eigenvalue weighted by Crippen LogP contribution is -2.37. The normalized spacial score (nSPS) is 11.9. The number of pyridine rings is 1. The van der Waals surface area contributed by atoms with E-state index in [4.69, 9.17) is 11.6 Å². The average molecular weight is 546 g/mol. The molecule has 0 aliphatic carbocycles. The Morgan fingerprint density at radius 1 is 1.11 bits per heavy atom. The molecule has 0 fully saturated rings. The molecule has 37 heavy (non-hydrogen) atoms. The number of hydrogen-bond donors (Lipinski definition) is 1. The number of halogens is 3. The molecular weight excluding hydrogens is 520 g/mol. The number of nitrogens with zero attached hydrogens (tertiary/aromatic N) is 2. The van der Waals surface area contributed by atoms with Crippen molar-refractivity contribution in [2.24, 2.45) is 5.92 Å². The van der Waals surface area contributed by atoms with Gasteiger partial charge in [-0.2, -0.15) is 0 Å². The molecule has 0 atom stereocenters. The lowest BCUT2D eigenvalue weighted by molar-refractivity contribution is 0.103. The van der Waals surface area contributed by atoms with E-state index >= 15 is 4.39 Å². The molecule has 2 heterocycles. The van der Waals surface area contributed by atoms with Crippen molar-refractivity contribution in [1.29, 1.82) is 0 Å². The second-order valence-electron chi connectivity index (χ2n) is 9.15. The number of aromatic amines is 1. The molecule has 0 spiro atoms. The van der Waals surface area contributed by atoms with Crippen LogP contribution in [0, 0.1) is 17.6 Å². The molecular formula is C27H26ClF2N3O3S. The molecule has 2 aromatic heterocycles. The molecule has 0 saturated carbocycles. The van der Waals surface area contributed by atoms with Crippen molar-refractivity contribution in [2.45, 2.75) is 27.2 Å². The third-order valence-electron chi connectivity index (χ3n) is 5.85. The quantitative estimate of drug-likeness (QED) is 0.240. The standard InChI is InChI=1S/C27H26ClF2N3O3S/c1-4-11-37(35,36)33(15-16(2)3)23-10-9-22(29)24(25(23)30)26(34)21-14-32-27-20(21)12-18(13-31-27)17-5-7-19(28)8-6-17/h5-10,12-14,16H,4,11,15H2,1-3H3,(H,31,32). The maximum atomic E-state index is 15.8. The summed E-state index contributed by atoms with van der Waals surface area (Å²) in [7, 11) is -3.89. The predicted octanol–water partition coefficient (Wildman–Crippen LogP) is 6.59. The highest BCUT2D eigenvalue weighted by atomic mass is 35.5. The number of nitrogens with one attached hydrogen (secondary N) is 1. The van der Waals surface area contributed by atoms with Crippen LogP contribution >= 0.6 is 11.6 Å². The summed E-state index contributed by atoms with van der Waals surface area (Å²) in [5, 5.41) is 0.938. The molecule has 194 valence electrons. The van der Waals surface area contributed by atoms with Gasteiger partial charge in [0.2, 0.25) is 15.8 Å². The first-order valence-electron chi connectivity index (χ1n) is 11.8. The van der Waals surface area contributed by atoms with E-state index in [2.05, 4.69) is 9.97 Å². The van der Waals surface area contributed by atoms with Gasteiger partial charge >= 0.3 is 0 Å². The van der Waals surface area contributed by atoms with E-state index in [-0.39, 0.29) is 29.5 Å². The zero-order chi connectivity index (χ0) is 26.9. The predicted molar refractivity (Wildman–Crippen MR) is 143 cm³/mol. The average Bonchev–Trinajstić information content (AvgIpc) is 3.26. The fourth-order valence-electron chi connectivity index (χ4n) is 4.13. The van der Waals surface area contributed by atoms with Crippen LogP contribution < -0.4 is 4.31 Å². The molecule has 0 unspecified atom stereocenters. The van der Waals surface area contributed by atoms with Crippen molar-refractivity contribution in [1.82, 2.24) is 9.97 Å². The van der Waals surface area contributed by atoms with Gasteiger partial charge in [0, 0.05) is 40.5 Å². The number of aromatic nitrogens is 2. The Hall–Kier alpha value is -3.30. The van der Waals surface area contributed by atoms with Gasteiger partial charge in [0.1, 0.15) is 11.5 Å². The molecule has 2 aromatic carbocycles. The number of carbonyl (C=O) groups excluding carboxylic acids is 1. The zero-order valence-corrected chi connectivity index (χ0v) is 22.1. The Balaban J connectivity index is 1.83. The maximum absolute atomic E-state index is 15.8. The van der Waals surface area contributed by atoms with E-state index in [0.29, 0.717) is 28.0 Å². The van der Waals surface area contributed by atoms with Crippen LogP contribution in [-0.2, 0) is 10.0 Å². The second kappa shape index (κ2) is 10.6. The number of sulfonamides is 1. The van der Waals surface area contributed by atoms with Crippen LogP contribution in [-0.4, -0.2) is 36.5 Å². The molecule has 0 saturated heterocycles. The van der Waals surface area contributed by atoms with Crippen LogP contribution in [0.5, 0.6) is 0 Å². The minimum atomic E-state index is -3.89. The van der Waals surface area contributed by atoms with Crippen LogP contribution in [0.25, 0.3) is 22.2 Å². The summed E-state index contributed by atoms with van der Waals surface area (Å²) in [6, 6.07) is 10.7. The largest absolute Gasteiger partial charge is 0.345 e. The highest BCUT2D eigenvalue weighted by Crippen LogP contribution is 2.32. The number of benzene rings is 2. The summed E-state index contributed by atoms with van der Waals surface area (Å²) in [6.07, 6.45) is 3.28. The lowest BCUT2D eigenvalue weighted by atomic mass is 9.99. The number of anilines is 1. The maximum Gasteiger partial charge on any atom is 0.235 e. The van der Waals surface area contributed by atoms with E-state index in [9.17, 15) is 17.6 Å². The van der Waals surface area contributed by atoms with E-state index in [1.807, 2.05) is 0 Å². The van der Waals surface area contributed by atoms with Gasteiger partial charge in [0.05, 0.1) is 17.0 Å². The fourth-order valence-corrected chi connectivity index (χ4v) is 5.96. The number of hydrogen-bond acceptors (Lipinski definition) is 4. The number of rotatable bonds is 9. The number of fused-ring (bicyclic) bond motifs is 1. The van der Waals surface area contributed by atoms with Crippen LogP contribution in [0.1, 0.15) is 43.1 Å². The minimum absolute atomic E-state index is 0.0139.